The number of nitrogens with one attached hydrogen (secondary N) is 2. The molecule has 0 bridgehead atoms. The molecule has 0 saturated heterocycles. The van der Waals surface area contributed by atoms with E-state index in [2.05, 4.69) is 20.4 Å². The lowest BCUT2D eigenvalue weighted by Crippen LogP contribution is -2.39. The highest BCUT2D eigenvalue weighted by Gasteiger charge is 2.13. The van der Waals surface area contributed by atoms with Gasteiger partial charge in [-0.25, -0.2) is 4.39 Å². The molecule has 2 rings (SSSR count). The molecule has 2 N–H and O–H groups in total. The van der Waals surface area contributed by atoms with E-state index < -0.39 is 6.61 Å². The summed E-state index contributed by atoms with van der Waals surface area (Å²) < 4.78 is 48.0. The van der Waals surface area contributed by atoms with Gasteiger partial charge in [0, 0.05) is 32.8 Å². The fourth-order valence-corrected chi connectivity index (χ4v) is 2.46. The molecule has 0 aromatic heterocycles. The number of guanidine groups is 1. The standard InChI is InChI=1S/C19H22F3N3O2/c1-23-19(24-11-14-5-3-4-6-16(14)27-18(21)22)25-12-17(26-2)13-7-9-15(20)10-8-13/h3-10,17-18H,11-12H2,1-2H3,(H2,23,24,25). The molecule has 2 aromatic rings. The van der Waals surface area contributed by atoms with Crippen LogP contribution in [0.3, 0.4) is 0 Å². The van der Waals surface area contributed by atoms with Gasteiger partial charge in [-0.3, -0.25) is 4.99 Å². The highest BCUT2D eigenvalue weighted by atomic mass is 19.3. The first-order valence-electron chi connectivity index (χ1n) is 8.29. The number of halogens is 3. The number of nitrogens with zero attached hydrogens (tertiary/aromatic N) is 1. The first-order chi connectivity index (χ1) is 13.0. The van der Waals surface area contributed by atoms with Crippen molar-refractivity contribution in [2.75, 3.05) is 20.7 Å². The van der Waals surface area contributed by atoms with E-state index in [-0.39, 0.29) is 24.2 Å². The van der Waals surface area contributed by atoms with Crippen LogP contribution in [0.5, 0.6) is 5.75 Å². The minimum atomic E-state index is -2.89. The fourth-order valence-electron chi connectivity index (χ4n) is 2.46. The van der Waals surface area contributed by atoms with Gasteiger partial charge in [0.1, 0.15) is 11.6 Å². The Morgan fingerprint density at radius 2 is 1.78 bits per heavy atom. The molecule has 146 valence electrons. The SMILES string of the molecule is CN=C(NCc1ccccc1OC(F)F)NCC(OC)c1ccc(F)cc1. The monoisotopic (exact) mass is 381 g/mol. The molecular formula is C19H22F3N3O2. The van der Waals surface area contributed by atoms with Crippen LogP contribution in [0.15, 0.2) is 53.5 Å². The van der Waals surface area contributed by atoms with E-state index in [0.717, 1.165) is 5.56 Å². The number of alkyl halides is 2. The van der Waals surface area contributed by atoms with Gasteiger partial charge in [-0.2, -0.15) is 8.78 Å². The van der Waals surface area contributed by atoms with Crippen LogP contribution in [-0.2, 0) is 11.3 Å². The molecule has 2 aromatic carbocycles. The number of hydrogen-bond acceptors (Lipinski definition) is 3. The molecule has 0 aliphatic rings. The van der Waals surface area contributed by atoms with E-state index in [1.54, 1.807) is 44.5 Å². The van der Waals surface area contributed by atoms with Crippen LogP contribution in [0.4, 0.5) is 13.2 Å². The molecule has 8 heteroatoms. The highest BCUT2D eigenvalue weighted by molar-refractivity contribution is 5.79. The predicted octanol–water partition coefficient (Wildman–Crippen LogP) is 3.48. The van der Waals surface area contributed by atoms with Crippen LogP contribution in [0, 0.1) is 5.82 Å². The maximum Gasteiger partial charge on any atom is 0.387 e. The summed E-state index contributed by atoms with van der Waals surface area (Å²) in [6, 6.07) is 12.6. The van der Waals surface area contributed by atoms with E-state index in [0.29, 0.717) is 18.1 Å². The van der Waals surface area contributed by atoms with Gasteiger partial charge in [0.25, 0.3) is 0 Å². The molecule has 0 radical (unpaired) electrons. The average Bonchev–Trinajstić information content (AvgIpc) is 2.66. The second-order valence-corrected chi connectivity index (χ2v) is 5.57. The molecule has 0 fully saturated rings. The first kappa shape index (κ1) is 20.6. The Bertz CT molecular complexity index is 739. The first-order valence-corrected chi connectivity index (χ1v) is 8.29. The van der Waals surface area contributed by atoms with Crippen LogP contribution in [0.2, 0.25) is 0 Å². The van der Waals surface area contributed by atoms with Gasteiger partial charge in [-0.1, -0.05) is 30.3 Å². The van der Waals surface area contributed by atoms with Gasteiger partial charge in [-0.05, 0) is 23.8 Å². The summed E-state index contributed by atoms with van der Waals surface area (Å²) in [5.74, 6) is 0.256. The van der Waals surface area contributed by atoms with Crippen molar-refractivity contribution < 1.29 is 22.6 Å². The zero-order chi connectivity index (χ0) is 19.6. The number of ether oxygens (including phenoxy) is 2. The summed E-state index contributed by atoms with van der Waals surface area (Å²) in [4.78, 5) is 4.10. The maximum absolute atomic E-state index is 13.1. The highest BCUT2D eigenvalue weighted by Crippen LogP contribution is 2.20. The average molecular weight is 381 g/mol. The van der Waals surface area contributed by atoms with Crippen molar-refractivity contribution in [3.8, 4) is 5.75 Å². The summed E-state index contributed by atoms with van der Waals surface area (Å²) >= 11 is 0. The third-order valence-corrected chi connectivity index (χ3v) is 3.84. The molecule has 0 heterocycles. The van der Waals surface area contributed by atoms with E-state index in [4.69, 9.17) is 4.74 Å². The van der Waals surface area contributed by atoms with Crippen molar-refractivity contribution in [1.29, 1.82) is 0 Å². The molecule has 1 atom stereocenters. The van der Waals surface area contributed by atoms with Crippen molar-refractivity contribution in [2.24, 2.45) is 4.99 Å². The number of para-hydroxylation sites is 1. The molecule has 27 heavy (non-hydrogen) atoms. The van der Waals surface area contributed by atoms with Crippen molar-refractivity contribution in [3.05, 3.63) is 65.5 Å². The number of methoxy groups -OCH3 is 1. The fraction of sp³-hybridized carbons (Fsp3) is 0.316. The van der Waals surface area contributed by atoms with Crippen molar-refractivity contribution in [3.63, 3.8) is 0 Å². The number of rotatable bonds is 8. The summed E-state index contributed by atoms with van der Waals surface area (Å²) in [6.07, 6.45) is -0.307. The lowest BCUT2D eigenvalue weighted by Gasteiger charge is -2.19. The molecule has 0 saturated carbocycles. The molecule has 0 aliphatic carbocycles. The smallest absolute Gasteiger partial charge is 0.387 e. The number of benzene rings is 2. The number of hydrogen-bond donors (Lipinski definition) is 2. The van der Waals surface area contributed by atoms with Gasteiger partial charge in [0.05, 0.1) is 6.10 Å². The second-order valence-electron chi connectivity index (χ2n) is 5.57. The van der Waals surface area contributed by atoms with Crippen molar-refractivity contribution in [2.45, 2.75) is 19.3 Å². The quantitative estimate of drug-likeness (QED) is 0.543. The third kappa shape index (κ3) is 6.49. The Labute approximate surface area is 156 Å². The van der Waals surface area contributed by atoms with Gasteiger partial charge >= 0.3 is 6.61 Å². The van der Waals surface area contributed by atoms with E-state index in [9.17, 15) is 13.2 Å². The molecule has 0 aliphatic heterocycles. The summed E-state index contributed by atoms with van der Waals surface area (Å²) in [5.41, 5.74) is 1.39. The zero-order valence-electron chi connectivity index (χ0n) is 15.1. The van der Waals surface area contributed by atoms with Crippen LogP contribution < -0.4 is 15.4 Å². The molecule has 1 unspecified atom stereocenters. The summed E-state index contributed by atoms with van der Waals surface area (Å²) in [5, 5.41) is 6.13. The van der Waals surface area contributed by atoms with E-state index in [1.807, 2.05) is 0 Å². The Morgan fingerprint density at radius 3 is 2.41 bits per heavy atom. The zero-order valence-corrected chi connectivity index (χ0v) is 15.1. The predicted molar refractivity (Wildman–Crippen MR) is 97.4 cm³/mol. The van der Waals surface area contributed by atoms with Crippen LogP contribution in [-0.4, -0.2) is 33.3 Å². The Hall–Kier alpha value is -2.74. The molecule has 5 nitrogen and oxygen atoms in total. The number of aliphatic imine (C=N–C) groups is 1. The lowest BCUT2D eigenvalue weighted by atomic mass is 10.1. The molecule has 0 amide bonds. The third-order valence-electron chi connectivity index (χ3n) is 3.84. The lowest BCUT2D eigenvalue weighted by molar-refractivity contribution is -0.0504. The Balaban J connectivity index is 1.93. The van der Waals surface area contributed by atoms with Crippen LogP contribution in [0.1, 0.15) is 17.2 Å². The molecule has 0 spiro atoms. The van der Waals surface area contributed by atoms with Gasteiger partial charge in [0.15, 0.2) is 5.96 Å². The van der Waals surface area contributed by atoms with E-state index in [1.165, 1.54) is 18.2 Å². The van der Waals surface area contributed by atoms with Gasteiger partial charge in [-0.15, -0.1) is 0 Å². The molecular weight excluding hydrogens is 359 g/mol. The second kappa shape index (κ2) is 10.4. The topological polar surface area (TPSA) is 54.9 Å². The Kier molecular flexibility index (Phi) is 7.94. The maximum atomic E-state index is 13.1. The largest absolute Gasteiger partial charge is 0.434 e. The van der Waals surface area contributed by atoms with Gasteiger partial charge < -0.3 is 20.1 Å². The van der Waals surface area contributed by atoms with E-state index >= 15 is 0 Å². The minimum Gasteiger partial charge on any atom is -0.434 e. The Morgan fingerprint density at radius 1 is 1.07 bits per heavy atom. The van der Waals surface area contributed by atoms with Crippen molar-refractivity contribution >= 4 is 5.96 Å². The summed E-state index contributed by atoms with van der Waals surface area (Å²) in [6.45, 7) is -2.25. The van der Waals surface area contributed by atoms with Crippen molar-refractivity contribution in [1.82, 2.24) is 10.6 Å². The summed E-state index contributed by atoms with van der Waals surface area (Å²) in [7, 11) is 3.15. The van der Waals surface area contributed by atoms with Crippen LogP contribution >= 0.6 is 0 Å². The van der Waals surface area contributed by atoms with Gasteiger partial charge in [0.2, 0.25) is 0 Å². The normalized spacial score (nSPS) is 12.7. The minimum absolute atomic E-state index is 0.108. The van der Waals surface area contributed by atoms with Crippen LogP contribution in [0.25, 0.3) is 0 Å².